The topological polar surface area (TPSA) is 41.1 Å². The summed E-state index contributed by atoms with van der Waals surface area (Å²) in [5.41, 5.74) is 12.0. The van der Waals surface area contributed by atoms with Crippen LogP contribution in [0.2, 0.25) is 0 Å². The van der Waals surface area contributed by atoms with Crippen LogP contribution in [-0.2, 0) is 5.54 Å². The Labute approximate surface area is 433 Å². The van der Waals surface area contributed by atoms with Crippen LogP contribution in [0.25, 0.3) is 143 Å². The lowest BCUT2D eigenvalue weighted by atomic mass is 9.78. The maximum atomic E-state index is 17.8. The quantitative estimate of drug-likeness (QED) is 0.167. The first kappa shape index (κ1) is 42.8. The van der Waals surface area contributed by atoms with E-state index in [1.807, 2.05) is 60.7 Å². The van der Waals surface area contributed by atoms with E-state index in [0.717, 1.165) is 126 Å². The molecule has 0 atom stereocenters. The summed E-state index contributed by atoms with van der Waals surface area (Å²) >= 11 is 0. The molecule has 0 bridgehead atoms. The Morgan fingerprint density at radius 1 is 0.329 bits per heavy atom. The van der Waals surface area contributed by atoms with E-state index in [-0.39, 0.29) is 0 Å². The second-order valence-corrected chi connectivity index (χ2v) is 20.5. The zero-order chi connectivity index (χ0) is 50.6. The van der Waals surface area contributed by atoms with E-state index in [0.29, 0.717) is 22.3 Å². The summed E-state index contributed by atoms with van der Waals surface area (Å²) in [4.78, 5) is 0. The second-order valence-electron chi connectivity index (χ2n) is 20.5. The standard InChI is InChI=1S/C69H43F2N3O2/c1-69(2,74-52-31-15-5-19-40(52)41-20-6-16-32-53(41)74)68-64(42-21-3-11-27-48(42)70)56(72-50-29-13-7-23-44(50)62-54(72)35-37-60-66(62)46-25-9-17-33-58(46)75-60)39-57(65(68)43-22-4-12-28-49(43)71)73-51-30-14-8-24-45(51)63-55(73)36-38-61-67(63)47-26-10-18-34-59(47)76-61/h3-39H,1-2H3. The minimum absolute atomic E-state index is 0.389. The van der Waals surface area contributed by atoms with Crippen LogP contribution < -0.4 is 0 Å². The van der Waals surface area contributed by atoms with E-state index in [2.05, 4.69) is 167 Å². The molecule has 16 aromatic rings. The monoisotopic (exact) mass is 983 g/mol. The first-order valence-corrected chi connectivity index (χ1v) is 25.7. The normalized spacial score (nSPS) is 12.5. The summed E-state index contributed by atoms with van der Waals surface area (Å²) in [6.07, 6.45) is 0. The van der Waals surface area contributed by atoms with Gasteiger partial charge in [0.25, 0.3) is 0 Å². The predicted molar refractivity (Wildman–Crippen MR) is 308 cm³/mol. The molecule has 16 rings (SSSR count). The van der Waals surface area contributed by atoms with Gasteiger partial charge >= 0.3 is 0 Å². The third kappa shape index (κ3) is 5.71. The maximum absolute atomic E-state index is 17.8. The van der Waals surface area contributed by atoms with Gasteiger partial charge in [0.2, 0.25) is 0 Å². The molecule has 5 nitrogen and oxygen atoms in total. The molecule has 76 heavy (non-hydrogen) atoms. The first-order valence-electron chi connectivity index (χ1n) is 25.7. The van der Waals surface area contributed by atoms with Gasteiger partial charge in [0.15, 0.2) is 0 Å². The van der Waals surface area contributed by atoms with Gasteiger partial charge in [-0.25, -0.2) is 8.78 Å². The fourth-order valence-corrected chi connectivity index (χ4v) is 13.2. The summed E-state index contributed by atoms with van der Waals surface area (Å²) < 4.78 is 55.8. The number of benzene rings is 11. The Balaban J connectivity index is 1.19. The molecule has 0 saturated carbocycles. The van der Waals surface area contributed by atoms with Crippen LogP contribution in [0, 0.1) is 11.6 Å². The minimum Gasteiger partial charge on any atom is -0.456 e. The molecule has 0 amide bonds. The van der Waals surface area contributed by atoms with Crippen LogP contribution in [-0.4, -0.2) is 13.7 Å². The van der Waals surface area contributed by atoms with Crippen molar-refractivity contribution in [3.05, 3.63) is 242 Å². The molecule has 11 aromatic carbocycles. The average molecular weight is 984 g/mol. The molecule has 0 radical (unpaired) electrons. The van der Waals surface area contributed by atoms with Gasteiger partial charge in [-0.05, 0) is 98.3 Å². The fourth-order valence-electron chi connectivity index (χ4n) is 13.2. The van der Waals surface area contributed by atoms with Crippen molar-refractivity contribution in [3.63, 3.8) is 0 Å². The Kier molecular flexibility index (Phi) is 8.80. The van der Waals surface area contributed by atoms with Crippen LogP contribution in [0.5, 0.6) is 0 Å². The number of para-hydroxylation sites is 6. The third-order valence-electron chi connectivity index (χ3n) is 16.2. The molecule has 7 heteroatoms. The van der Waals surface area contributed by atoms with Gasteiger partial charge in [-0.1, -0.05) is 146 Å². The molecule has 0 aliphatic rings. The zero-order valence-corrected chi connectivity index (χ0v) is 41.3. The van der Waals surface area contributed by atoms with Crippen LogP contribution in [0.3, 0.4) is 0 Å². The molecule has 360 valence electrons. The van der Waals surface area contributed by atoms with Crippen molar-refractivity contribution >= 4 is 109 Å². The molecule has 0 N–H and O–H groups in total. The highest BCUT2D eigenvalue weighted by Gasteiger charge is 2.38. The van der Waals surface area contributed by atoms with Gasteiger partial charge in [0.1, 0.15) is 34.0 Å². The zero-order valence-electron chi connectivity index (χ0n) is 41.3. The van der Waals surface area contributed by atoms with Crippen LogP contribution in [0.4, 0.5) is 8.78 Å². The number of aromatic nitrogens is 3. The van der Waals surface area contributed by atoms with Gasteiger partial charge in [0.05, 0.1) is 39.0 Å². The van der Waals surface area contributed by atoms with Crippen LogP contribution in [0.15, 0.2) is 233 Å². The van der Waals surface area contributed by atoms with Crippen molar-refractivity contribution in [1.82, 2.24) is 13.7 Å². The lowest BCUT2D eigenvalue weighted by Gasteiger charge is -2.37. The molecule has 0 unspecified atom stereocenters. The number of nitrogens with zero attached hydrogens (tertiary/aromatic N) is 3. The summed E-state index contributed by atoms with van der Waals surface area (Å²) in [5.74, 6) is -0.796. The fraction of sp³-hybridized carbons (Fsp3) is 0.0435. The lowest BCUT2D eigenvalue weighted by Crippen LogP contribution is -2.30. The summed E-state index contributed by atoms with van der Waals surface area (Å²) in [7, 11) is 0. The SMILES string of the molecule is CC(C)(c1c(-c2ccccc2F)c(-n2c3ccccc3c3c4c(ccc32)oc2ccccc24)cc(-n2c3ccccc3c3c4c(ccc32)oc2ccccc24)c1-c1ccccc1F)n1c2ccccc2c2ccccc21. The van der Waals surface area contributed by atoms with E-state index in [1.54, 1.807) is 12.1 Å². The molecule has 5 aromatic heterocycles. The highest BCUT2D eigenvalue weighted by molar-refractivity contribution is 6.29. The largest absolute Gasteiger partial charge is 0.456 e. The first-order chi connectivity index (χ1) is 37.3. The highest BCUT2D eigenvalue weighted by atomic mass is 19.1. The van der Waals surface area contributed by atoms with Crippen molar-refractivity contribution in [2.75, 3.05) is 0 Å². The van der Waals surface area contributed by atoms with Crippen molar-refractivity contribution in [3.8, 4) is 33.6 Å². The van der Waals surface area contributed by atoms with Crippen LogP contribution >= 0.6 is 0 Å². The Morgan fingerprint density at radius 3 is 1.14 bits per heavy atom. The number of hydrogen-bond donors (Lipinski definition) is 0. The smallest absolute Gasteiger partial charge is 0.136 e. The molecule has 0 aliphatic carbocycles. The molecule has 0 saturated heterocycles. The van der Waals surface area contributed by atoms with Gasteiger partial charge in [-0.2, -0.15) is 0 Å². The van der Waals surface area contributed by atoms with Crippen molar-refractivity contribution in [1.29, 1.82) is 0 Å². The Morgan fingerprint density at radius 2 is 0.697 bits per heavy atom. The van der Waals surface area contributed by atoms with Gasteiger partial charge in [-0.3, -0.25) is 0 Å². The average Bonchev–Trinajstić information content (AvgIpc) is 4.31. The van der Waals surface area contributed by atoms with Gasteiger partial charge < -0.3 is 22.5 Å². The van der Waals surface area contributed by atoms with E-state index < -0.39 is 17.2 Å². The molecule has 0 spiro atoms. The lowest BCUT2D eigenvalue weighted by molar-refractivity contribution is 0.466. The number of hydrogen-bond acceptors (Lipinski definition) is 2. The van der Waals surface area contributed by atoms with Gasteiger partial charge in [-0.15, -0.1) is 0 Å². The van der Waals surface area contributed by atoms with Crippen molar-refractivity contribution in [2.45, 2.75) is 19.4 Å². The van der Waals surface area contributed by atoms with E-state index in [9.17, 15) is 0 Å². The Hall–Kier alpha value is -9.72. The van der Waals surface area contributed by atoms with Gasteiger partial charge in [0, 0.05) is 87.1 Å². The number of furan rings is 2. The molecule has 0 fully saturated rings. The predicted octanol–water partition coefficient (Wildman–Crippen LogP) is 19.2. The number of rotatable bonds is 6. The highest BCUT2D eigenvalue weighted by Crippen LogP contribution is 2.54. The molecule has 5 heterocycles. The van der Waals surface area contributed by atoms with E-state index >= 15 is 8.78 Å². The minimum atomic E-state index is -1.05. The summed E-state index contributed by atoms with van der Waals surface area (Å²) in [5, 5.41) is 10.3. The molecule has 0 aliphatic heterocycles. The summed E-state index contributed by atoms with van der Waals surface area (Å²) in [6.45, 7) is 4.42. The molecular weight excluding hydrogens is 941 g/mol. The summed E-state index contributed by atoms with van der Waals surface area (Å²) in [6, 6.07) is 74.9. The number of halogens is 2. The Bertz CT molecular complexity index is 4830. The van der Waals surface area contributed by atoms with Crippen molar-refractivity contribution < 1.29 is 17.6 Å². The van der Waals surface area contributed by atoms with E-state index in [4.69, 9.17) is 8.83 Å². The third-order valence-corrected chi connectivity index (χ3v) is 16.2. The van der Waals surface area contributed by atoms with Crippen LogP contribution in [0.1, 0.15) is 19.4 Å². The molecular formula is C69H43F2N3O2. The second kappa shape index (κ2) is 15.7. The van der Waals surface area contributed by atoms with E-state index in [1.165, 1.54) is 12.1 Å². The number of fused-ring (bicyclic) bond motifs is 17. The maximum Gasteiger partial charge on any atom is 0.136 e. The van der Waals surface area contributed by atoms with Crippen molar-refractivity contribution in [2.24, 2.45) is 0 Å².